The van der Waals surface area contributed by atoms with E-state index in [1.54, 1.807) is 18.4 Å². The number of hydrogen-bond donors (Lipinski definition) is 1. The third-order valence-electron chi connectivity index (χ3n) is 4.14. The lowest BCUT2D eigenvalue weighted by Crippen LogP contribution is -2.23. The summed E-state index contributed by atoms with van der Waals surface area (Å²) in [4.78, 5) is 16.6. The second kappa shape index (κ2) is 9.57. The number of ether oxygens (including phenoxy) is 1. The fourth-order valence-corrected chi connectivity index (χ4v) is 3.48. The van der Waals surface area contributed by atoms with E-state index in [0.29, 0.717) is 30.7 Å². The van der Waals surface area contributed by atoms with Crippen LogP contribution < -0.4 is 5.32 Å². The van der Waals surface area contributed by atoms with Crippen molar-refractivity contribution in [1.29, 1.82) is 0 Å². The summed E-state index contributed by atoms with van der Waals surface area (Å²) in [5.41, 5.74) is 1.81. The lowest BCUT2D eigenvalue weighted by molar-refractivity contribution is -0.121. The Balaban J connectivity index is 1.50. The highest BCUT2D eigenvalue weighted by Crippen LogP contribution is 2.24. The Hall–Kier alpha value is -2.58. The standard InChI is InChI=1S/C20H24N4O3S/c1-13(2)20-22-15(12-28-20)11-21-16(25)9-10-17-23-24-19(27-17)18(26-3)14-7-5-4-6-8-14/h4-8,12-13,18H,9-11H2,1-3H3,(H,21,25). The molecule has 0 aliphatic carbocycles. The van der Waals surface area contributed by atoms with Crippen molar-refractivity contribution in [3.63, 3.8) is 0 Å². The van der Waals surface area contributed by atoms with E-state index >= 15 is 0 Å². The lowest BCUT2D eigenvalue weighted by atomic mass is 10.1. The van der Waals surface area contributed by atoms with Gasteiger partial charge in [-0.05, 0) is 5.56 Å². The van der Waals surface area contributed by atoms with Crippen LogP contribution in [0.25, 0.3) is 0 Å². The number of nitrogens with one attached hydrogen (secondary N) is 1. The molecule has 3 aromatic rings. The van der Waals surface area contributed by atoms with E-state index in [1.807, 2.05) is 35.7 Å². The number of methoxy groups -OCH3 is 1. The van der Waals surface area contributed by atoms with Crippen LogP contribution in [0, 0.1) is 0 Å². The summed E-state index contributed by atoms with van der Waals surface area (Å²) in [6, 6.07) is 9.66. The van der Waals surface area contributed by atoms with Gasteiger partial charge in [0.25, 0.3) is 0 Å². The van der Waals surface area contributed by atoms with Gasteiger partial charge in [0, 0.05) is 31.2 Å². The van der Waals surface area contributed by atoms with Gasteiger partial charge in [0.15, 0.2) is 6.10 Å². The third kappa shape index (κ3) is 5.24. The maximum atomic E-state index is 12.1. The van der Waals surface area contributed by atoms with E-state index in [2.05, 4.69) is 34.3 Å². The van der Waals surface area contributed by atoms with E-state index in [-0.39, 0.29) is 12.3 Å². The quantitative estimate of drug-likeness (QED) is 0.590. The molecule has 0 spiro atoms. The van der Waals surface area contributed by atoms with E-state index in [4.69, 9.17) is 9.15 Å². The number of benzene rings is 1. The van der Waals surface area contributed by atoms with Crippen LogP contribution in [-0.2, 0) is 22.5 Å². The van der Waals surface area contributed by atoms with Gasteiger partial charge < -0.3 is 14.5 Å². The van der Waals surface area contributed by atoms with Crippen LogP contribution in [0.4, 0.5) is 0 Å². The minimum atomic E-state index is -0.420. The van der Waals surface area contributed by atoms with Crippen LogP contribution in [0.5, 0.6) is 0 Å². The molecule has 2 heterocycles. The molecule has 8 heteroatoms. The minimum Gasteiger partial charge on any atom is -0.422 e. The smallest absolute Gasteiger partial charge is 0.249 e. The third-order valence-corrected chi connectivity index (χ3v) is 5.33. The van der Waals surface area contributed by atoms with Gasteiger partial charge in [-0.2, -0.15) is 0 Å². The first-order valence-electron chi connectivity index (χ1n) is 9.17. The average molecular weight is 401 g/mol. The molecule has 0 saturated carbocycles. The predicted molar refractivity (Wildman–Crippen MR) is 106 cm³/mol. The molecular weight excluding hydrogens is 376 g/mol. The van der Waals surface area contributed by atoms with Crippen molar-refractivity contribution in [1.82, 2.24) is 20.5 Å². The zero-order chi connectivity index (χ0) is 19.9. The summed E-state index contributed by atoms with van der Waals surface area (Å²) in [7, 11) is 1.60. The van der Waals surface area contributed by atoms with Crippen molar-refractivity contribution in [3.05, 3.63) is 63.8 Å². The highest BCUT2D eigenvalue weighted by Gasteiger charge is 2.20. The number of carbonyl (C=O) groups is 1. The van der Waals surface area contributed by atoms with Crippen LogP contribution in [0.1, 0.15) is 60.3 Å². The van der Waals surface area contributed by atoms with E-state index in [9.17, 15) is 4.79 Å². The topological polar surface area (TPSA) is 90.1 Å². The molecule has 0 saturated heterocycles. The largest absolute Gasteiger partial charge is 0.422 e. The fraction of sp³-hybridized carbons (Fsp3) is 0.400. The zero-order valence-electron chi connectivity index (χ0n) is 16.2. The Labute approximate surface area is 168 Å². The van der Waals surface area contributed by atoms with Crippen molar-refractivity contribution in [3.8, 4) is 0 Å². The second-order valence-corrected chi connectivity index (χ2v) is 7.56. The first-order chi connectivity index (χ1) is 13.6. The van der Waals surface area contributed by atoms with Crippen molar-refractivity contribution in [2.24, 2.45) is 0 Å². The fourth-order valence-electron chi connectivity index (χ4n) is 2.65. The Kier molecular flexibility index (Phi) is 6.89. The molecule has 148 valence electrons. The first-order valence-corrected chi connectivity index (χ1v) is 10.1. The van der Waals surface area contributed by atoms with Crippen LogP contribution >= 0.6 is 11.3 Å². The summed E-state index contributed by atoms with van der Waals surface area (Å²) >= 11 is 1.62. The van der Waals surface area contributed by atoms with Gasteiger partial charge in [-0.15, -0.1) is 21.5 Å². The van der Waals surface area contributed by atoms with Gasteiger partial charge in [0.2, 0.25) is 17.7 Å². The van der Waals surface area contributed by atoms with Gasteiger partial charge in [-0.3, -0.25) is 4.79 Å². The molecule has 0 bridgehead atoms. The number of nitrogens with zero attached hydrogens (tertiary/aromatic N) is 3. The lowest BCUT2D eigenvalue weighted by Gasteiger charge is -2.10. The maximum Gasteiger partial charge on any atom is 0.249 e. The highest BCUT2D eigenvalue weighted by atomic mass is 32.1. The number of aryl methyl sites for hydroxylation is 1. The Bertz CT molecular complexity index is 892. The number of thiazole rings is 1. The number of rotatable bonds is 9. The number of carbonyl (C=O) groups excluding carboxylic acids is 1. The molecule has 1 amide bonds. The Morgan fingerprint density at radius 1 is 1.25 bits per heavy atom. The summed E-state index contributed by atoms with van der Waals surface area (Å²) in [6.45, 7) is 4.63. The highest BCUT2D eigenvalue weighted by molar-refractivity contribution is 7.09. The SMILES string of the molecule is COC(c1ccccc1)c1nnc(CCC(=O)NCc2csc(C(C)C)n2)o1. The molecule has 1 aromatic carbocycles. The summed E-state index contributed by atoms with van der Waals surface area (Å²) in [5, 5.41) is 14.0. The first kappa shape index (κ1) is 20.2. The average Bonchev–Trinajstić information content (AvgIpc) is 3.36. The number of aromatic nitrogens is 3. The molecule has 0 fully saturated rings. The zero-order valence-corrected chi connectivity index (χ0v) is 17.0. The number of hydrogen-bond acceptors (Lipinski definition) is 7. The molecule has 0 aliphatic rings. The van der Waals surface area contributed by atoms with Crippen molar-refractivity contribution >= 4 is 17.2 Å². The molecule has 0 radical (unpaired) electrons. The van der Waals surface area contributed by atoms with Gasteiger partial charge in [0.1, 0.15) is 0 Å². The molecule has 7 nitrogen and oxygen atoms in total. The van der Waals surface area contributed by atoms with Crippen molar-refractivity contribution in [2.45, 2.75) is 45.3 Å². The second-order valence-electron chi connectivity index (χ2n) is 6.67. The van der Waals surface area contributed by atoms with Crippen LogP contribution in [0.15, 0.2) is 40.1 Å². The Morgan fingerprint density at radius 3 is 2.71 bits per heavy atom. The van der Waals surface area contributed by atoms with Gasteiger partial charge >= 0.3 is 0 Å². The van der Waals surface area contributed by atoms with Crippen molar-refractivity contribution < 1.29 is 13.9 Å². The molecule has 3 rings (SSSR count). The predicted octanol–water partition coefficient (Wildman–Crippen LogP) is 3.63. The molecule has 1 atom stereocenters. The normalized spacial score (nSPS) is 12.3. The van der Waals surface area contributed by atoms with E-state index in [1.165, 1.54) is 0 Å². The van der Waals surface area contributed by atoms with Crippen LogP contribution in [-0.4, -0.2) is 28.2 Å². The van der Waals surface area contributed by atoms with Crippen LogP contribution in [0.3, 0.4) is 0 Å². The van der Waals surface area contributed by atoms with E-state index < -0.39 is 6.10 Å². The van der Waals surface area contributed by atoms with Gasteiger partial charge in [0.05, 0.1) is 17.2 Å². The summed E-state index contributed by atoms with van der Waals surface area (Å²) in [5.74, 6) is 1.12. The maximum absolute atomic E-state index is 12.1. The molecule has 28 heavy (non-hydrogen) atoms. The summed E-state index contributed by atoms with van der Waals surface area (Å²) < 4.78 is 11.2. The Morgan fingerprint density at radius 2 is 2.04 bits per heavy atom. The van der Waals surface area contributed by atoms with Crippen molar-refractivity contribution in [2.75, 3.05) is 7.11 Å². The van der Waals surface area contributed by atoms with E-state index in [0.717, 1.165) is 16.3 Å². The van der Waals surface area contributed by atoms with Gasteiger partial charge in [-0.25, -0.2) is 4.98 Å². The molecular formula is C20H24N4O3S. The minimum absolute atomic E-state index is 0.0785. The monoisotopic (exact) mass is 400 g/mol. The summed E-state index contributed by atoms with van der Waals surface area (Å²) in [6.07, 6.45) is 0.223. The van der Waals surface area contributed by atoms with Crippen LogP contribution in [0.2, 0.25) is 0 Å². The molecule has 1 unspecified atom stereocenters. The van der Waals surface area contributed by atoms with Gasteiger partial charge in [-0.1, -0.05) is 44.2 Å². The number of amides is 1. The molecule has 1 N–H and O–H groups in total. The molecule has 0 aliphatic heterocycles. The molecule has 2 aromatic heterocycles.